The third kappa shape index (κ3) is 3.39. The number of nitrogen functional groups attached to an aromatic ring is 1. The van der Waals surface area contributed by atoms with Gasteiger partial charge in [-0.1, -0.05) is 0 Å². The molecule has 9 nitrogen and oxygen atoms in total. The predicted molar refractivity (Wildman–Crippen MR) is 70.8 cm³/mol. The molecule has 0 aliphatic carbocycles. The molecule has 9 heteroatoms. The number of aryl methyl sites for hydroxylation is 1. The minimum atomic E-state index is -1.01. The number of rotatable bonds is 7. The van der Waals surface area contributed by atoms with Crippen molar-refractivity contribution in [3.8, 4) is 0 Å². The van der Waals surface area contributed by atoms with E-state index in [0.29, 0.717) is 29.9 Å². The number of hydrogen-bond acceptors (Lipinski definition) is 7. The van der Waals surface area contributed by atoms with Gasteiger partial charge in [0.1, 0.15) is 18.5 Å². The minimum Gasteiger partial charge on any atom is -0.480 e. The van der Waals surface area contributed by atoms with Gasteiger partial charge in [-0.05, 0) is 6.42 Å². The van der Waals surface area contributed by atoms with E-state index in [0.717, 1.165) is 0 Å². The number of carbonyl (C=O) groups is 1. The van der Waals surface area contributed by atoms with E-state index in [9.17, 15) is 4.79 Å². The Bertz CT molecular complexity index is 599. The van der Waals surface area contributed by atoms with Crippen LogP contribution in [0.15, 0.2) is 12.7 Å². The van der Waals surface area contributed by atoms with Gasteiger partial charge < -0.3 is 25.9 Å². The number of imidazole rings is 1. The van der Waals surface area contributed by atoms with Crippen molar-refractivity contribution in [2.45, 2.75) is 19.0 Å². The van der Waals surface area contributed by atoms with Crippen LogP contribution in [0.25, 0.3) is 11.2 Å². The first-order chi connectivity index (χ1) is 9.58. The van der Waals surface area contributed by atoms with Crippen molar-refractivity contribution in [3.63, 3.8) is 0 Å². The standard InChI is InChI=1S/C11H16N6O3/c12-7(3-20-4-8(18)19)1-2-17-6-16-9-10(13)14-5-15-11(9)17/h5-7H,1-4,12H2,(H,18,19)(H2,13,14,15)/t7-/m0/s1. The molecule has 0 saturated carbocycles. The fourth-order valence-corrected chi connectivity index (χ4v) is 1.75. The lowest BCUT2D eigenvalue weighted by molar-refractivity contribution is -0.142. The highest BCUT2D eigenvalue weighted by molar-refractivity contribution is 5.81. The maximum Gasteiger partial charge on any atom is 0.329 e. The van der Waals surface area contributed by atoms with Crippen LogP contribution in [0.3, 0.4) is 0 Å². The van der Waals surface area contributed by atoms with Crippen LogP contribution in [0, 0.1) is 0 Å². The van der Waals surface area contributed by atoms with Gasteiger partial charge in [-0.3, -0.25) is 0 Å². The Balaban J connectivity index is 1.89. The van der Waals surface area contributed by atoms with Crippen molar-refractivity contribution in [2.24, 2.45) is 5.73 Å². The van der Waals surface area contributed by atoms with E-state index >= 15 is 0 Å². The molecule has 2 heterocycles. The van der Waals surface area contributed by atoms with E-state index < -0.39 is 5.97 Å². The highest BCUT2D eigenvalue weighted by Gasteiger charge is 2.10. The molecule has 20 heavy (non-hydrogen) atoms. The first-order valence-electron chi connectivity index (χ1n) is 6.04. The summed E-state index contributed by atoms with van der Waals surface area (Å²) >= 11 is 0. The van der Waals surface area contributed by atoms with E-state index in [1.54, 1.807) is 6.33 Å². The van der Waals surface area contributed by atoms with Gasteiger partial charge >= 0.3 is 5.97 Å². The summed E-state index contributed by atoms with van der Waals surface area (Å²) in [6.45, 7) is 0.437. The number of carboxylic acids is 1. The highest BCUT2D eigenvalue weighted by atomic mass is 16.5. The molecule has 108 valence electrons. The summed E-state index contributed by atoms with van der Waals surface area (Å²) in [4.78, 5) is 22.4. The Kier molecular flexibility index (Phi) is 4.43. The third-order valence-electron chi connectivity index (χ3n) is 2.73. The number of ether oxygens (including phenoxy) is 1. The smallest absolute Gasteiger partial charge is 0.329 e. The maximum absolute atomic E-state index is 10.3. The van der Waals surface area contributed by atoms with E-state index in [4.69, 9.17) is 21.3 Å². The zero-order chi connectivity index (χ0) is 14.5. The van der Waals surface area contributed by atoms with Crippen LogP contribution in [0.5, 0.6) is 0 Å². The van der Waals surface area contributed by atoms with Crippen molar-refractivity contribution in [2.75, 3.05) is 18.9 Å². The van der Waals surface area contributed by atoms with E-state index in [2.05, 4.69) is 15.0 Å². The Morgan fingerprint density at radius 1 is 1.45 bits per heavy atom. The molecule has 5 N–H and O–H groups in total. The lowest BCUT2D eigenvalue weighted by Crippen LogP contribution is -2.28. The first-order valence-corrected chi connectivity index (χ1v) is 6.04. The molecule has 0 fully saturated rings. The minimum absolute atomic E-state index is 0.191. The first kappa shape index (κ1) is 14.2. The number of aliphatic carboxylic acids is 1. The summed E-state index contributed by atoms with van der Waals surface area (Å²) in [7, 11) is 0. The Morgan fingerprint density at radius 3 is 3.00 bits per heavy atom. The number of anilines is 1. The van der Waals surface area contributed by atoms with E-state index in [1.165, 1.54) is 6.33 Å². The number of nitrogens with two attached hydrogens (primary N) is 2. The third-order valence-corrected chi connectivity index (χ3v) is 2.73. The van der Waals surface area contributed by atoms with Crippen LogP contribution in [0.2, 0.25) is 0 Å². The van der Waals surface area contributed by atoms with E-state index in [1.807, 2.05) is 4.57 Å². The molecule has 0 amide bonds. The van der Waals surface area contributed by atoms with Crippen molar-refractivity contribution >= 4 is 23.0 Å². The zero-order valence-electron chi connectivity index (χ0n) is 10.8. The van der Waals surface area contributed by atoms with Crippen molar-refractivity contribution in [1.29, 1.82) is 0 Å². The maximum atomic E-state index is 10.3. The van der Waals surface area contributed by atoms with Crippen LogP contribution in [0.4, 0.5) is 5.82 Å². The predicted octanol–water partition coefficient (Wildman–Crippen LogP) is -0.773. The van der Waals surface area contributed by atoms with Gasteiger partial charge in [0.2, 0.25) is 0 Å². The number of aromatic nitrogens is 4. The highest BCUT2D eigenvalue weighted by Crippen LogP contribution is 2.14. The van der Waals surface area contributed by atoms with Crippen LogP contribution in [-0.4, -0.2) is 49.9 Å². The molecule has 0 aromatic carbocycles. The number of carboxylic acid groups (broad SMARTS) is 1. The number of nitrogens with zero attached hydrogens (tertiary/aromatic N) is 4. The Hall–Kier alpha value is -2.26. The summed E-state index contributed by atoms with van der Waals surface area (Å²) in [5, 5.41) is 8.45. The summed E-state index contributed by atoms with van der Waals surface area (Å²) in [6, 6.07) is -0.258. The van der Waals surface area contributed by atoms with E-state index in [-0.39, 0.29) is 19.3 Å². The van der Waals surface area contributed by atoms with Gasteiger partial charge in [-0.2, -0.15) is 0 Å². The van der Waals surface area contributed by atoms with Gasteiger partial charge in [0.25, 0.3) is 0 Å². The molecule has 0 saturated heterocycles. The topological polar surface area (TPSA) is 142 Å². The molecule has 0 radical (unpaired) electrons. The zero-order valence-corrected chi connectivity index (χ0v) is 10.8. The molecule has 2 rings (SSSR count). The van der Waals surface area contributed by atoms with Crippen LogP contribution < -0.4 is 11.5 Å². The fourth-order valence-electron chi connectivity index (χ4n) is 1.75. The normalized spacial score (nSPS) is 12.7. The molecule has 2 aromatic heterocycles. The van der Waals surface area contributed by atoms with Crippen molar-refractivity contribution in [3.05, 3.63) is 12.7 Å². The SMILES string of the molecule is Nc1ncnc2c1ncn2CC[C@H](N)COCC(=O)O. The molecule has 0 aliphatic rings. The van der Waals surface area contributed by atoms with Gasteiger partial charge in [-0.25, -0.2) is 19.7 Å². The molecule has 0 spiro atoms. The Labute approximate surface area is 114 Å². The average molecular weight is 280 g/mol. The molecule has 0 unspecified atom stereocenters. The number of fused-ring (bicyclic) bond motifs is 1. The fraction of sp³-hybridized carbons (Fsp3) is 0.455. The van der Waals surface area contributed by atoms with Crippen molar-refractivity contribution < 1.29 is 14.6 Å². The molecule has 0 aliphatic heterocycles. The number of hydrogen-bond donors (Lipinski definition) is 3. The second-order valence-corrected chi connectivity index (χ2v) is 4.33. The van der Waals surface area contributed by atoms with Gasteiger partial charge in [0.15, 0.2) is 11.5 Å². The van der Waals surface area contributed by atoms with Gasteiger partial charge in [-0.15, -0.1) is 0 Å². The Morgan fingerprint density at radius 2 is 2.25 bits per heavy atom. The molecular formula is C11H16N6O3. The summed E-state index contributed by atoms with van der Waals surface area (Å²) in [5.41, 5.74) is 12.7. The summed E-state index contributed by atoms with van der Waals surface area (Å²) in [5.74, 6) is -0.673. The lowest BCUT2D eigenvalue weighted by Gasteiger charge is -2.11. The second kappa shape index (κ2) is 6.26. The molecule has 1 atom stereocenters. The largest absolute Gasteiger partial charge is 0.480 e. The monoisotopic (exact) mass is 280 g/mol. The molecule has 0 bridgehead atoms. The quantitative estimate of drug-likeness (QED) is 0.600. The molecular weight excluding hydrogens is 264 g/mol. The van der Waals surface area contributed by atoms with Crippen LogP contribution >= 0.6 is 0 Å². The van der Waals surface area contributed by atoms with Crippen LogP contribution in [0.1, 0.15) is 6.42 Å². The summed E-state index contributed by atoms with van der Waals surface area (Å²) < 4.78 is 6.76. The summed E-state index contributed by atoms with van der Waals surface area (Å²) in [6.07, 6.45) is 3.61. The lowest BCUT2D eigenvalue weighted by atomic mass is 10.2. The van der Waals surface area contributed by atoms with Gasteiger partial charge in [0.05, 0.1) is 12.9 Å². The van der Waals surface area contributed by atoms with Crippen LogP contribution in [-0.2, 0) is 16.1 Å². The average Bonchev–Trinajstić information content (AvgIpc) is 2.80. The molecule has 2 aromatic rings. The second-order valence-electron chi connectivity index (χ2n) is 4.33. The van der Waals surface area contributed by atoms with Gasteiger partial charge in [0, 0.05) is 12.6 Å². The van der Waals surface area contributed by atoms with Crippen molar-refractivity contribution in [1.82, 2.24) is 19.5 Å².